The van der Waals surface area contributed by atoms with Crippen molar-refractivity contribution in [2.24, 2.45) is 0 Å². The smallest absolute Gasteiger partial charge is 0.359 e. The van der Waals surface area contributed by atoms with E-state index in [2.05, 4.69) is 10.4 Å². The Bertz CT molecular complexity index is 1190. The summed E-state index contributed by atoms with van der Waals surface area (Å²) in [6.45, 7) is 1.05. The lowest BCUT2D eigenvalue weighted by Gasteiger charge is -2.10. The highest BCUT2D eigenvalue weighted by molar-refractivity contribution is 5.95. The molecule has 1 N–H and O–H groups in total. The van der Waals surface area contributed by atoms with Crippen LogP contribution in [0.2, 0.25) is 0 Å². The van der Waals surface area contributed by atoms with Crippen LogP contribution in [-0.2, 0) is 16.1 Å². The molecule has 1 amide bonds. The lowest BCUT2D eigenvalue weighted by atomic mass is 10.1. The standard InChI is InChI=1S/C21H18N4O6/c1-14-16(8-5-9-18(14)25(29)30)22-19(26)13-31-21(28)17-10-11-20(27)24(23-17)12-15-6-3-2-4-7-15/h2-11H,12-13H2,1H3,(H,22,26). The molecule has 158 valence electrons. The molecule has 0 fully saturated rings. The van der Waals surface area contributed by atoms with E-state index in [4.69, 9.17) is 4.74 Å². The van der Waals surface area contributed by atoms with Gasteiger partial charge in [-0.1, -0.05) is 36.4 Å². The normalized spacial score (nSPS) is 10.4. The third-order valence-electron chi connectivity index (χ3n) is 4.36. The summed E-state index contributed by atoms with van der Waals surface area (Å²) in [6.07, 6.45) is 0. The number of carbonyl (C=O) groups is 2. The maximum atomic E-state index is 12.3. The number of nitrogens with zero attached hydrogens (tertiary/aromatic N) is 3. The summed E-state index contributed by atoms with van der Waals surface area (Å²) in [6, 6.07) is 15.8. The number of esters is 1. The molecule has 10 nitrogen and oxygen atoms in total. The summed E-state index contributed by atoms with van der Waals surface area (Å²) in [4.78, 5) is 46.8. The number of hydrogen-bond donors (Lipinski definition) is 1. The van der Waals surface area contributed by atoms with Gasteiger partial charge in [-0.25, -0.2) is 9.48 Å². The maximum Gasteiger partial charge on any atom is 0.359 e. The van der Waals surface area contributed by atoms with Crippen LogP contribution in [0, 0.1) is 17.0 Å². The molecule has 0 unspecified atom stereocenters. The van der Waals surface area contributed by atoms with Crippen LogP contribution in [0.25, 0.3) is 0 Å². The maximum absolute atomic E-state index is 12.3. The zero-order valence-corrected chi connectivity index (χ0v) is 16.5. The van der Waals surface area contributed by atoms with Crippen molar-refractivity contribution in [1.29, 1.82) is 0 Å². The Kier molecular flexibility index (Phi) is 6.51. The van der Waals surface area contributed by atoms with Gasteiger partial charge in [-0.15, -0.1) is 0 Å². The number of nitro benzene ring substituents is 1. The van der Waals surface area contributed by atoms with E-state index in [-0.39, 0.29) is 34.7 Å². The van der Waals surface area contributed by atoms with Gasteiger partial charge < -0.3 is 10.1 Å². The van der Waals surface area contributed by atoms with Crippen molar-refractivity contribution in [3.63, 3.8) is 0 Å². The number of amides is 1. The number of nitrogens with one attached hydrogen (secondary N) is 1. The highest BCUT2D eigenvalue weighted by Crippen LogP contribution is 2.24. The third-order valence-corrected chi connectivity index (χ3v) is 4.36. The fraction of sp³-hybridized carbons (Fsp3) is 0.143. The Balaban J connectivity index is 1.64. The van der Waals surface area contributed by atoms with Gasteiger partial charge in [0.05, 0.1) is 22.7 Å². The largest absolute Gasteiger partial charge is 0.451 e. The van der Waals surface area contributed by atoms with Gasteiger partial charge in [0.25, 0.3) is 17.2 Å². The van der Waals surface area contributed by atoms with Gasteiger partial charge in [0.1, 0.15) is 0 Å². The van der Waals surface area contributed by atoms with Crippen LogP contribution in [-0.4, -0.2) is 33.2 Å². The second-order valence-electron chi connectivity index (χ2n) is 6.53. The highest BCUT2D eigenvalue weighted by atomic mass is 16.6. The number of hydrogen-bond acceptors (Lipinski definition) is 7. The van der Waals surface area contributed by atoms with Gasteiger partial charge in [0.15, 0.2) is 12.3 Å². The predicted molar refractivity (Wildman–Crippen MR) is 111 cm³/mol. The molecule has 1 heterocycles. The summed E-state index contributed by atoms with van der Waals surface area (Å²) in [5.41, 5.74) is 0.690. The Morgan fingerprint density at radius 2 is 1.84 bits per heavy atom. The first kappa shape index (κ1) is 21.4. The molecule has 31 heavy (non-hydrogen) atoms. The van der Waals surface area contributed by atoms with Gasteiger partial charge in [-0.2, -0.15) is 5.10 Å². The second kappa shape index (κ2) is 9.44. The Morgan fingerprint density at radius 1 is 1.10 bits per heavy atom. The quantitative estimate of drug-likeness (QED) is 0.351. The van der Waals surface area contributed by atoms with E-state index < -0.39 is 23.4 Å². The molecule has 3 rings (SSSR count). The topological polar surface area (TPSA) is 133 Å². The summed E-state index contributed by atoms with van der Waals surface area (Å²) < 4.78 is 6.09. The molecular weight excluding hydrogens is 404 g/mol. The van der Waals surface area contributed by atoms with E-state index in [0.717, 1.165) is 10.2 Å². The molecule has 0 bridgehead atoms. The van der Waals surface area contributed by atoms with E-state index in [0.29, 0.717) is 0 Å². The van der Waals surface area contributed by atoms with E-state index in [1.165, 1.54) is 37.3 Å². The zero-order chi connectivity index (χ0) is 22.4. The molecule has 0 saturated heterocycles. The zero-order valence-electron chi connectivity index (χ0n) is 16.5. The molecule has 0 aliphatic rings. The SMILES string of the molecule is Cc1c(NC(=O)COC(=O)c2ccc(=O)n(Cc3ccccc3)n2)cccc1[N+](=O)[O-]. The van der Waals surface area contributed by atoms with E-state index in [9.17, 15) is 24.5 Å². The van der Waals surface area contributed by atoms with E-state index in [1.54, 1.807) is 0 Å². The third kappa shape index (κ3) is 5.38. The molecule has 3 aromatic rings. The predicted octanol–water partition coefficient (Wildman–Crippen LogP) is 2.30. The van der Waals surface area contributed by atoms with Crippen molar-refractivity contribution in [2.75, 3.05) is 11.9 Å². The van der Waals surface area contributed by atoms with Gasteiger partial charge in [0.2, 0.25) is 0 Å². The molecule has 0 atom stereocenters. The van der Waals surface area contributed by atoms with Crippen molar-refractivity contribution in [3.8, 4) is 0 Å². The van der Waals surface area contributed by atoms with Crippen molar-refractivity contribution < 1.29 is 19.2 Å². The van der Waals surface area contributed by atoms with Crippen LogP contribution in [0.3, 0.4) is 0 Å². The lowest BCUT2D eigenvalue weighted by molar-refractivity contribution is -0.385. The van der Waals surface area contributed by atoms with Crippen molar-refractivity contribution in [1.82, 2.24) is 9.78 Å². The van der Waals surface area contributed by atoms with Gasteiger partial charge in [-0.05, 0) is 24.6 Å². The number of nitro groups is 1. The molecule has 1 aromatic heterocycles. The van der Waals surface area contributed by atoms with E-state index >= 15 is 0 Å². The Labute approximate surface area is 176 Å². The molecule has 0 aliphatic carbocycles. The Hall–Kier alpha value is -4.34. The molecule has 0 saturated carbocycles. The molecule has 0 aliphatic heterocycles. The van der Waals surface area contributed by atoms with Crippen LogP contribution >= 0.6 is 0 Å². The molecule has 10 heteroatoms. The minimum atomic E-state index is -0.882. The number of aromatic nitrogens is 2. The Morgan fingerprint density at radius 3 is 2.55 bits per heavy atom. The molecule has 0 radical (unpaired) electrons. The van der Waals surface area contributed by atoms with Crippen LogP contribution in [0.4, 0.5) is 11.4 Å². The average Bonchev–Trinajstić information content (AvgIpc) is 2.75. The number of carbonyl (C=O) groups excluding carboxylic acids is 2. The number of benzene rings is 2. The summed E-state index contributed by atoms with van der Waals surface area (Å²) >= 11 is 0. The summed E-state index contributed by atoms with van der Waals surface area (Å²) in [5.74, 6) is -1.55. The van der Waals surface area contributed by atoms with Crippen LogP contribution in [0.15, 0.2) is 65.5 Å². The van der Waals surface area contributed by atoms with Crippen molar-refractivity contribution >= 4 is 23.3 Å². The van der Waals surface area contributed by atoms with Crippen molar-refractivity contribution in [2.45, 2.75) is 13.5 Å². The van der Waals surface area contributed by atoms with Crippen LogP contribution < -0.4 is 10.9 Å². The minimum Gasteiger partial charge on any atom is -0.451 e. The van der Waals surface area contributed by atoms with Gasteiger partial charge in [0, 0.05) is 12.1 Å². The molecule has 0 spiro atoms. The van der Waals surface area contributed by atoms with Gasteiger partial charge in [-0.3, -0.25) is 19.7 Å². The summed E-state index contributed by atoms with van der Waals surface area (Å²) in [7, 11) is 0. The lowest BCUT2D eigenvalue weighted by Crippen LogP contribution is -2.27. The average molecular weight is 422 g/mol. The second-order valence-corrected chi connectivity index (χ2v) is 6.53. The summed E-state index contributed by atoms with van der Waals surface area (Å²) in [5, 5.41) is 17.5. The van der Waals surface area contributed by atoms with Crippen molar-refractivity contribution in [3.05, 3.63) is 98.0 Å². The van der Waals surface area contributed by atoms with Gasteiger partial charge >= 0.3 is 5.97 Å². The first-order chi connectivity index (χ1) is 14.8. The fourth-order valence-electron chi connectivity index (χ4n) is 2.78. The number of anilines is 1. The monoisotopic (exact) mass is 422 g/mol. The molecule has 2 aromatic carbocycles. The highest BCUT2D eigenvalue weighted by Gasteiger charge is 2.17. The number of ether oxygens (including phenoxy) is 1. The first-order valence-electron chi connectivity index (χ1n) is 9.18. The fourth-order valence-corrected chi connectivity index (χ4v) is 2.78. The minimum absolute atomic E-state index is 0.130. The number of rotatable bonds is 7. The first-order valence-corrected chi connectivity index (χ1v) is 9.18. The molecular formula is C21H18N4O6. The van der Waals surface area contributed by atoms with E-state index in [1.807, 2.05) is 30.3 Å². The van der Waals surface area contributed by atoms with Crippen LogP contribution in [0.1, 0.15) is 21.6 Å². The van der Waals surface area contributed by atoms with Crippen LogP contribution in [0.5, 0.6) is 0 Å².